The maximum absolute atomic E-state index is 12.4. The van der Waals surface area contributed by atoms with Crippen LogP contribution in [0.4, 0.5) is 0 Å². The van der Waals surface area contributed by atoms with Crippen LogP contribution in [0.2, 0.25) is 18.1 Å². The summed E-state index contributed by atoms with van der Waals surface area (Å²) in [5.74, 6) is -0.0502. The number of carbonyl (C=O) groups is 1. The van der Waals surface area contributed by atoms with Gasteiger partial charge >= 0.3 is 5.97 Å². The van der Waals surface area contributed by atoms with Crippen LogP contribution in [0.3, 0.4) is 0 Å². The zero-order valence-corrected chi connectivity index (χ0v) is 17.1. The number of rotatable bonds is 3. The molecule has 1 fully saturated rings. The third kappa shape index (κ3) is 5.09. The zero-order valence-electron chi connectivity index (χ0n) is 16.1. The van der Waals surface area contributed by atoms with Gasteiger partial charge in [0.1, 0.15) is 5.60 Å². The molecule has 1 rings (SSSR count). The summed E-state index contributed by atoms with van der Waals surface area (Å²) in [5, 5.41) is 0.235. The molecule has 0 atom stereocenters. The molecule has 0 saturated heterocycles. The minimum absolute atomic E-state index is 0.0502. The van der Waals surface area contributed by atoms with Crippen LogP contribution in [-0.2, 0) is 14.0 Å². The first kappa shape index (κ1) is 19.7. The molecule has 0 spiro atoms. The fraction of sp³-hybridized carbons (Fsp3) is 0.944. The van der Waals surface area contributed by atoms with Crippen molar-refractivity contribution in [3.05, 3.63) is 0 Å². The smallest absolute Gasteiger partial charge is 0.312 e. The number of hydrogen-bond donors (Lipinski definition) is 0. The Morgan fingerprint density at radius 1 is 1.05 bits per heavy atom. The molecule has 0 radical (unpaired) electrons. The first-order valence-corrected chi connectivity index (χ1v) is 11.5. The average Bonchev–Trinajstić information content (AvgIpc) is 2.28. The SMILES string of the molecule is CC(C)(C)OC(=O)C1(C)CCC(O[Si](C)(C)C(C)(C)C)CC1. The summed E-state index contributed by atoms with van der Waals surface area (Å²) in [5.41, 5.74) is -0.755. The standard InChI is InChI=1S/C18H36O3Si/c1-16(2,3)20-15(19)18(7)12-10-14(11-13-18)21-22(8,9)17(4,5)6/h14H,10-13H2,1-9H3. The molecule has 0 aromatic heterocycles. The molecule has 1 aliphatic carbocycles. The number of ether oxygens (including phenoxy) is 1. The van der Waals surface area contributed by atoms with E-state index >= 15 is 0 Å². The van der Waals surface area contributed by atoms with Crippen molar-refractivity contribution < 1.29 is 14.0 Å². The van der Waals surface area contributed by atoms with Crippen molar-refractivity contribution in [3.8, 4) is 0 Å². The Labute approximate surface area is 138 Å². The first-order valence-electron chi connectivity index (χ1n) is 8.58. The number of esters is 1. The van der Waals surface area contributed by atoms with Crippen LogP contribution in [0.1, 0.15) is 74.1 Å². The lowest BCUT2D eigenvalue weighted by Crippen LogP contribution is -2.46. The van der Waals surface area contributed by atoms with Gasteiger partial charge in [0.2, 0.25) is 0 Å². The van der Waals surface area contributed by atoms with Gasteiger partial charge in [-0.3, -0.25) is 4.79 Å². The summed E-state index contributed by atoms with van der Waals surface area (Å²) in [6, 6.07) is 0. The molecule has 3 nitrogen and oxygen atoms in total. The van der Waals surface area contributed by atoms with Gasteiger partial charge in [0, 0.05) is 6.10 Å². The van der Waals surface area contributed by atoms with Crippen molar-refractivity contribution >= 4 is 14.3 Å². The minimum Gasteiger partial charge on any atom is -0.460 e. The van der Waals surface area contributed by atoms with Crippen LogP contribution in [0.5, 0.6) is 0 Å². The monoisotopic (exact) mass is 328 g/mol. The van der Waals surface area contributed by atoms with Crippen LogP contribution in [0.25, 0.3) is 0 Å². The van der Waals surface area contributed by atoms with Crippen LogP contribution in [-0.4, -0.2) is 26.0 Å². The summed E-state index contributed by atoms with van der Waals surface area (Å²) < 4.78 is 12.1. The van der Waals surface area contributed by atoms with Crippen LogP contribution < -0.4 is 0 Å². The van der Waals surface area contributed by atoms with E-state index in [2.05, 4.69) is 33.9 Å². The average molecular weight is 329 g/mol. The first-order chi connectivity index (χ1) is 9.66. The van der Waals surface area contributed by atoms with E-state index in [1.165, 1.54) is 0 Å². The van der Waals surface area contributed by atoms with Gasteiger partial charge < -0.3 is 9.16 Å². The third-order valence-electron chi connectivity index (χ3n) is 5.20. The van der Waals surface area contributed by atoms with Gasteiger partial charge in [0.05, 0.1) is 5.41 Å². The Kier molecular flexibility index (Phi) is 5.61. The third-order valence-corrected chi connectivity index (χ3v) is 9.73. The molecular formula is C18H36O3Si. The zero-order chi connectivity index (χ0) is 17.4. The van der Waals surface area contributed by atoms with Crippen molar-refractivity contribution in [2.75, 3.05) is 0 Å². The van der Waals surface area contributed by atoms with Gasteiger partial charge in [0.15, 0.2) is 8.32 Å². The van der Waals surface area contributed by atoms with E-state index < -0.39 is 13.9 Å². The van der Waals surface area contributed by atoms with Gasteiger partial charge in [-0.15, -0.1) is 0 Å². The molecular weight excluding hydrogens is 292 g/mol. The fourth-order valence-electron chi connectivity index (χ4n) is 2.55. The Bertz CT molecular complexity index is 394. The van der Waals surface area contributed by atoms with Crippen molar-refractivity contribution in [3.63, 3.8) is 0 Å². The Hall–Kier alpha value is -0.353. The van der Waals surface area contributed by atoms with Gasteiger partial charge in [-0.25, -0.2) is 0 Å². The van der Waals surface area contributed by atoms with E-state index in [-0.39, 0.29) is 16.4 Å². The molecule has 4 heteroatoms. The summed E-state index contributed by atoms with van der Waals surface area (Å²) in [4.78, 5) is 12.4. The van der Waals surface area contributed by atoms with Gasteiger partial charge in [-0.1, -0.05) is 20.8 Å². The van der Waals surface area contributed by atoms with Gasteiger partial charge in [0.25, 0.3) is 0 Å². The van der Waals surface area contributed by atoms with Crippen molar-refractivity contribution in [1.29, 1.82) is 0 Å². The quantitative estimate of drug-likeness (QED) is 0.521. The summed E-state index contributed by atoms with van der Waals surface area (Å²) in [6.07, 6.45) is 3.95. The van der Waals surface area contributed by atoms with Crippen LogP contribution in [0.15, 0.2) is 0 Å². The highest BCUT2D eigenvalue weighted by molar-refractivity contribution is 6.74. The lowest BCUT2D eigenvalue weighted by molar-refractivity contribution is -0.169. The molecule has 0 N–H and O–H groups in total. The van der Waals surface area contributed by atoms with E-state index in [0.717, 1.165) is 25.7 Å². The molecule has 1 saturated carbocycles. The minimum atomic E-state index is -1.72. The van der Waals surface area contributed by atoms with Crippen LogP contribution >= 0.6 is 0 Å². The highest BCUT2D eigenvalue weighted by atomic mass is 28.4. The van der Waals surface area contributed by atoms with Crippen molar-refractivity contribution in [1.82, 2.24) is 0 Å². The molecule has 0 unspecified atom stereocenters. The second-order valence-electron chi connectivity index (χ2n) is 9.64. The molecule has 0 bridgehead atoms. The number of carbonyl (C=O) groups excluding carboxylic acids is 1. The molecule has 0 aromatic carbocycles. The molecule has 0 aliphatic heterocycles. The summed E-state index contributed by atoms with van der Waals surface area (Å²) in [6.45, 7) is 19.3. The molecule has 0 aromatic rings. The second kappa shape index (κ2) is 6.27. The van der Waals surface area contributed by atoms with Crippen molar-refractivity contribution in [2.45, 2.75) is 104 Å². The van der Waals surface area contributed by atoms with E-state index in [9.17, 15) is 4.79 Å². The Morgan fingerprint density at radius 2 is 1.50 bits per heavy atom. The number of hydrogen-bond acceptors (Lipinski definition) is 3. The Balaban J connectivity index is 2.61. The maximum atomic E-state index is 12.4. The summed E-state index contributed by atoms with van der Waals surface area (Å²) in [7, 11) is -1.72. The fourth-order valence-corrected chi connectivity index (χ4v) is 3.97. The van der Waals surface area contributed by atoms with Crippen molar-refractivity contribution in [2.24, 2.45) is 5.41 Å². The van der Waals surface area contributed by atoms with Gasteiger partial charge in [-0.2, -0.15) is 0 Å². The maximum Gasteiger partial charge on any atom is 0.312 e. The normalized spacial score (nSPS) is 27.6. The Morgan fingerprint density at radius 3 is 1.86 bits per heavy atom. The van der Waals surface area contributed by atoms with Crippen LogP contribution in [0, 0.1) is 5.41 Å². The molecule has 22 heavy (non-hydrogen) atoms. The van der Waals surface area contributed by atoms with E-state index in [1.54, 1.807) is 0 Å². The highest BCUT2D eigenvalue weighted by Gasteiger charge is 2.44. The predicted molar refractivity (Wildman–Crippen MR) is 94.5 cm³/mol. The van der Waals surface area contributed by atoms with E-state index in [4.69, 9.17) is 9.16 Å². The molecule has 1 aliphatic rings. The highest BCUT2D eigenvalue weighted by Crippen LogP contribution is 2.43. The molecule has 0 heterocycles. The topological polar surface area (TPSA) is 35.5 Å². The summed E-state index contributed by atoms with van der Waals surface area (Å²) >= 11 is 0. The van der Waals surface area contributed by atoms with E-state index in [1.807, 2.05) is 27.7 Å². The lowest BCUT2D eigenvalue weighted by Gasteiger charge is -2.43. The van der Waals surface area contributed by atoms with E-state index in [0.29, 0.717) is 6.10 Å². The van der Waals surface area contributed by atoms with Gasteiger partial charge in [-0.05, 0) is 71.5 Å². The molecule has 0 amide bonds. The largest absolute Gasteiger partial charge is 0.460 e. The second-order valence-corrected chi connectivity index (χ2v) is 14.4. The molecule has 130 valence electrons. The lowest BCUT2D eigenvalue weighted by atomic mass is 9.74. The predicted octanol–water partition coefficient (Wildman–Crippen LogP) is 5.30.